The summed E-state index contributed by atoms with van der Waals surface area (Å²) >= 11 is 0. The molecule has 2 rings (SSSR count). The number of hydrogen-bond acceptors (Lipinski definition) is 2. The maximum Gasteiger partial charge on any atom is 0.126 e. The molecule has 23 heavy (non-hydrogen) atoms. The lowest BCUT2D eigenvalue weighted by Crippen LogP contribution is -2.44. The first-order chi connectivity index (χ1) is 10.9. The summed E-state index contributed by atoms with van der Waals surface area (Å²) in [5.41, 5.74) is 1.09. The Labute approximate surface area is 137 Å². The van der Waals surface area contributed by atoms with Gasteiger partial charge in [0.15, 0.2) is 0 Å². The molecule has 2 aromatic carbocycles. The van der Waals surface area contributed by atoms with Crippen LogP contribution in [0.5, 0.6) is 0 Å². The van der Waals surface area contributed by atoms with Gasteiger partial charge in [-0.05, 0) is 42.5 Å². The lowest BCUT2D eigenvalue weighted by atomic mass is 9.79. The predicted molar refractivity (Wildman–Crippen MR) is 90.6 cm³/mol. The Morgan fingerprint density at radius 3 is 2.30 bits per heavy atom. The molecule has 0 aliphatic carbocycles. The molecule has 124 valence electrons. The van der Waals surface area contributed by atoms with Crippen LogP contribution in [0.3, 0.4) is 0 Å². The Morgan fingerprint density at radius 1 is 1.09 bits per heavy atom. The van der Waals surface area contributed by atoms with E-state index in [0.717, 1.165) is 5.56 Å². The standard InChI is InChI=1S/C20H25FO2/c1-14(2)20(22,18-10-11-19(21)15(3)12-18)16(4)23-13-17-8-6-5-7-9-17/h5-12,14,16,22H,13H2,1-4H3/t16-,20-/m0/s1. The van der Waals surface area contributed by atoms with Crippen molar-refractivity contribution in [2.45, 2.75) is 46.0 Å². The number of halogens is 1. The van der Waals surface area contributed by atoms with Crippen LogP contribution >= 0.6 is 0 Å². The van der Waals surface area contributed by atoms with E-state index < -0.39 is 11.7 Å². The van der Waals surface area contributed by atoms with E-state index in [9.17, 15) is 9.50 Å². The fraction of sp³-hybridized carbons (Fsp3) is 0.400. The van der Waals surface area contributed by atoms with Gasteiger partial charge in [-0.2, -0.15) is 0 Å². The second kappa shape index (κ2) is 7.24. The summed E-state index contributed by atoms with van der Waals surface area (Å²) in [5.74, 6) is -0.337. The monoisotopic (exact) mass is 316 g/mol. The van der Waals surface area contributed by atoms with Gasteiger partial charge >= 0.3 is 0 Å². The highest BCUT2D eigenvalue weighted by atomic mass is 19.1. The van der Waals surface area contributed by atoms with E-state index in [-0.39, 0.29) is 11.7 Å². The molecule has 2 nitrogen and oxygen atoms in total. The molecule has 3 heteroatoms. The number of aryl methyl sites for hydroxylation is 1. The molecule has 0 aliphatic heterocycles. The lowest BCUT2D eigenvalue weighted by Gasteiger charge is -2.38. The number of rotatable bonds is 6. The van der Waals surface area contributed by atoms with Crippen molar-refractivity contribution in [1.29, 1.82) is 0 Å². The van der Waals surface area contributed by atoms with E-state index in [0.29, 0.717) is 17.7 Å². The van der Waals surface area contributed by atoms with Gasteiger partial charge < -0.3 is 9.84 Å². The molecule has 0 fully saturated rings. The van der Waals surface area contributed by atoms with Crippen molar-refractivity contribution in [2.75, 3.05) is 0 Å². The Hall–Kier alpha value is -1.71. The molecule has 0 aromatic heterocycles. The molecule has 0 saturated carbocycles. The van der Waals surface area contributed by atoms with Crippen molar-refractivity contribution in [2.24, 2.45) is 5.92 Å². The fourth-order valence-electron chi connectivity index (χ4n) is 2.85. The SMILES string of the molecule is Cc1cc([C@](O)(C(C)C)[C@H](C)OCc2ccccc2)ccc1F. The van der Waals surface area contributed by atoms with Crippen LogP contribution in [0.2, 0.25) is 0 Å². The zero-order valence-corrected chi connectivity index (χ0v) is 14.2. The molecular formula is C20H25FO2. The third-order valence-electron chi connectivity index (χ3n) is 4.46. The molecule has 0 radical (unpaired) electrons. The molecule has 0 saturated heterocycles. The van der Waals surface area contributed by atoms with Crippen molar-refractivity contribution in [1.82, 2.24) is 0 Å². The maximum atomic E-state index is 13.5. The van der Waals surface area contributed by atoms with Crippen molar-refractivity contribution in [3.63, 3.8) is 0 Å². The van der Waals surface area contributed by atoms with Gasteiger partial charge in [0.05, 0.1) is 12.7 Å². The van der Waals surface area contributed by atoms with Crippen LogP contribution in [-0.2, 0) is 16.9 Å². The Bertz CT molecular complexity index is 639. The normalized spacial score (nSPS) is 15.4. The second-order valence-corrected chi connectivity index (χ2v) is 6.38. The number of hydrogen-bond donors (Lipinski definition) is 1. The number of ether oxygens (including phenoxy) is 1. The van der Waals surface area contributed by atoms with Crippen LogP contribution in [0.25, 0.3) is 0 Å². The fourth-order valence-corrected chi connectivity index (χ4v) is 2.85. The van der Waals surface area contributed by atoms with Gasteiger partial charge in [-0.3, -0.25) is 0 Å². The molecule has 0 amide bonds. The van der Waals surface area contributed by atoms with Crippen molar-refractivity contribution < 1.29 is 14.2 Å². The zero-order chi connectivity index (χ0) is 17.0. The maximum absolute atomic E-state index is 13.5. The molecule has 2 aromatic rings. The smallest absolute Gasteiger partial charge is 0.126 e. The van der Waals surface area contributed by atoms with Gasteiger partial charge in [0.1, 0.15) is 11.4 Å². The first-order valence-corrected chi connectivity index (χ1v) is 8.00. The highest BCUT2D eigenvalue weighted by molar-refractivity contribution is 5.30. The first kappa shape index (κ1) is 17.6. The predicted octanol–water partition coefficient (Wildman–Crippen LogP) is 4.58. The first-order valence-electron chi connectivity index (χ1n) is 8.00. The van der Waals surface area contributed by atoms with Crippen LogP contribution in [0.15, 0.2) is 48.5 Å². The molecule has 0 aliphatic rings. The molecule has 0 heterocycles. The topological polar surface area (TPSA) is 29.5 Å². The molecule has 0 unspecified atom stereocenters. The Kier molecular flexibility index (Phi) is 5.55. The van der Waals surface area contributed by atoms with E-state index >= 15 is 0 Å². The lowest BCUT2D eigenvalue weighted by molar-refractivity contribution is -0.137. The van der Waals surface area contributed by atoms with Gasteiger partial charge in [-0.25, -0.2) is 4.39 Å². The zero-order valence-electron chi connectivity index (χ0n) is 14.2. The Morgan fingerprint density at radius 2 is 1.74 bits per heavy atom. The number of benzene rings is 2. The van der Waals surface area contributed by atoms with Crippen molar-refractivity contribution in [3.8, 4) is 0 Å². The van der Waals surface area contributed by atoms with E-state index in [1.54, 1.807) is 19.1 Å². The van der Waals surface area contributed by atoms with E-state index in [1.165, 1.54) is 6.07 Å². The van der Waals surface area contributed by atoms with Crippen LogP contribution in [0.1, 0.15) is 37.5 Å². The highest BCUT2D eigenvalue weighted by Gasteiger charge is 2.40. The molecule has 0 spiro atoms. The van der Waals surface area contributed by atoms with Crippen LogP contribution in [0, 0.1) is 18.7 Å². The van der Waals surface area contributed by atoms with Gasteiger partial charge in [-0.1, -0.05) is 56.3 Å². The summed E-state index contributed by atoms with van der Waals surface area (Å²) in [4.78, 5) is 0. The van der Waals surface area contributed by atoms with E-state index in [2.05, 4.69) is 0 Å². The van der Waals surface area contributed by atoms with Crippen LogP contribution in [-0.4, -0.2) is 11.2 Å². The van der Waals surface area contributed by atoms with Gasteiger partial charge in [0.25, 0.3) is 0 Å². The molecular weight excluding hydrogens is 291 g/mol. The second-order valence-electron chi connectivity index (χ2n) is 6.38. The molecule has 2 atom stereocenters. The van der Waals surface area contributed by atoms with Crippen molar-refractivity contribution in [3.05, 3.63) is 71.0 Å². The largest absolute Gasteiger partial charge is 0.382 e. The quantitative estimate of drug-likeness (QED) is 0.845. The average Bonchev–Trinajstić information content (AvgIpc) is 2.55. The van der Waals surface area contributed by atoms with Crippen molar-refractivity contribution >= 4 is 0 Å². The Balaban J connectivity index is 2.23. The summed E-state index contributed by atoms with van der Waals surface area (Å²) in [6.07, 6.45) is -0.424. The summed E-state index contributed by atoms with van der Waals surface area (Å²) in [6.45, 7) is 7.88. The van der Waals surface area contributed by atoms with Crippen LogP contribution < -0.4 is 0 Å². The summed E-state index contributed by atoms with van der Waals surface area (Å²) in [6, 6.07) is 14.6. The van der Waals surface area contributed by atoms with E-state index in [1.807, 2.05) is 51.1 Å². The minimum absolute atomic E-state index is 0.0712. The highest BCUT2D eigenvalue weighted by Crippen LogP contribution is 2.35. The molecule has 1 N–H and O–H groups in total. The van der Waals surface area contributed by atoms with Gasteiger partial charge in [0, 0.05) is 0 Å². The molecule has 0 bridgehead atoms. The van der Waals surface area contributed by atoms with Crippen LogP contribution in [0.4, 0.5) is 4.39 Å². The van der Waals surface area contributed by atoms with Gasteiger partial charge in [0.2, 0.25) is 0 Å². The summed E-state index contributed by atoms with van der Waals surface area (Å²) in [5, 5.41) is 11.3. The summed E-state index contributed by atoms with van der Waals surface area (Å²) < 4.78 is 19.5. The third-order valence-corrected chi connectivity index (χ3v) is 4.46. The minimum Gasteiger partial charge on any atom is -0.382 e. The summed E-state index contributed by atoms with van der Waals surface area (Å²) in [7, 11) is 0. The third kappa shape index (κ3) is 3.80. The average molecular weight is 316 g/mol. The number of aliphatic hydroxyl groups is 1. The minimum atomic E-state index is -1.17. The van der Waals surface area contributed by atoms with E-state index in [4.69, 9.17) is 4.74 Å². The van der Waals surface area contributed by atoms with Gasteiger partial charge in [-0.15, -0.1) is 0 Å².